The molecule has 0 radical (unpaired) electrons. The minimum Gasteiger partial charge on any atom is -0.488 e. The first kappa shape index (κ1) is 21.9. The summed E-state index contributed by atoms with van der Waals surface area (Å²) in [4.78, 5) is 27.3. The van der Waals surface area contributed by atoms with Crippen LogP contribution in [-0.4, -0.2) is 29.8 Å². The van der Waals surface area contributed by atoms with E-state index in [0.29, 0.717) is 35.1 Å². The summed E-state index contributed by atoms with van der Waals surface area (Å²) in [6, 6.07) is 22.0. The summed E-state index contributed by atoms with van der Waals surface area (Å²) in [7, 11) is 0. The Kier molecular flexibility index (Phi) is 7.07. The fourth-order valence-corrected chi connectivity index (χ4v) is 3.84. The van der Waals surface area contributed by atoms with Crippen LogP contribution < -0.4 is 10.1 Å². The molecule has 32 heavy (non-hydrogen) atoms. The van der Waals surface area contributed by atoms with E-state index in [-0.39, 0.29) is 11.8 Å². The minimum atomic E-state index is -0.229. The number of ether oxygens (including phenoxy) is 1. The first-order valence-electron chi connectivity index (χ1n) is 10.7. The van der Waals surface area contributed by atoms with Gasteiger partial charge in [0.25, 0.3) is 11.8 Å². The summed E-state index contributed by atoms with van der Waals surface area (Å²) in [6.07, 6.45) is 2.11. The van der Waals surface area contributed by atoms with Crippen molar-refractivity contribution >= 4 is 23.4 Å². The molecule has 0 saturated carbocycles. The van der Waals surface area contributed by atoms with Gasteiger partial charge in [-0.3, -0.25) is 9.59 Å². The molecule has 2 amide bonds. The van der Waals surface area contributed by atoms with Gasteiger partial charge in [0.05, 0.1) is 5.56 Å². The third-order valence-corrected chi connectivity index (χ3v) is 5.71. The summed E-state index contributed by atoms with van der Waals surface area (Å²) < 4.78 is 5.89. The van der Waals surface area contributed by atoms with E-state index in [2.05, 4.69) is 5.32 Å². The van der Waals surface area contributed by atoms with E-state index in [0.717, 1.165) is 37.1 Å². The highest BCUT2D eigenvalue weighted by Gasteiger charge is 2.19. The van der Waals surface area contributed by atoms with Crippen LogP contribution in [0.2, 0.25) is 5.02 Å². The Balaban J connectivity index is 1.38. The Hall–Kier alpha value is -3.31. The normalized spacial score (nSPS) is 13.1. The lowest BCUT2D eigenvalue weighted by Gasteiger charge is -2.16. The monoisotopic (exact) mass is 448 g/mol. The SMILES string of the molecule is O=C(NCc1cccc(C(=O)N2CCCC2)c1)c1ccccc1OCc1ccc(Cl)cc1. The van der Waals surface area contributed by atoms with Crippen molar-refractivity contribution in [1.82, 2.24) is 10.2 Å². The Morgan fingerprint density at radius 3 is 2.44 bits per heavy atom. The Morgan fingerprint density at radius 2 is 1.66 bits per heavy atom. The number of carbonyl (C=O) groups excluding carboxylic acids is 2. The highest BCUT2D eigenvalue weighted by atomic mass is 35.5. The van der Waals surface area contributed by atoms with Gasteiger partial charge in [-0.15, -0.1) is 0 Å². The molecule has 0 bridgehead atoms. The molecule has 0 unspecified atom stereocenters. The molecule has 0 spiro atoms. The van der Waals surface area contributed by atoms with Crippen LogP contribution >= 0.6 is 11.6 Å². The zero-order valence-electron chi connectivity index (χ0n) is 17.7. The fraction of sp³-hybridized carbons (Fsp3) is 0.231. The molecule has 1 fully saturated rings. The number of carbonyl (C=O) groups is 2. The topological polar surface area (TPSA) is 58.6 Å². The van der Waals surface area contributed by atoms with Crippen molar-refractivity contribution in [2.75, 3.05) is 13.1 Å². The summed E-state index contributed by atoms with van der Waals surface area (Å²) in [5, 5.41) is 3.60. The maximum Gasteiger partial charge on any atom is 0.255 e. The van der Waals surface area contributed by atoms with Crippen LogP contribution in [-0.2, 0) is 13.2 Å². The second kappa shape index (κ2) is 10.3. The van der Waals surface area contributed by atoms with E-state index >= 15 is 0 Å². The molecule has 1 N–H and O–H groups in total. The summed E-state index contributed by atoms with van der Waals surface area (Å²) >= 11 is 5.93. The number of halogens is 1. The number of benzene rings is 3. The van der Waals surface area contributed by atoms with Gasteiger partial charge in [0, 0.05) is 30.2 Å². The molecule has 164 valence electrons. The van der Waals surface area contributed by atoms with E-state index in [1.54, 1.807) is 30.3 Å². The number of hydrogen-bond acceptors (Lipinski definition) is 3. The highest BCUT2D eigenvalue weighted by Crippen LogP contribution is 2.20. The van der Waals surface area contributed by atoms with Crippen LogP contribution in [0.15, 0.2) is 72.8 Å². The maximum absolute atomic E-state index is 12.8. The van der Waals surface area contributed by atoms with E-state index in [4.69, 9.17) is 16.3 Å². The lowest BCUT2D eigenvalue weighted by Crippen LogP contribution is -2.28. The molecule has 0 atom stereocenters. The molecule has 1 aliphatic rings. The molecular formula is C26H25ClN2O3. The number of likely N-dealkylation sites (tertiary alicyclic amines) is 1. The smallest absolute Gasteiger partial charge is 0.255 e. The van der Waals surface area contributed by atoms with Gasteiger partial charge in [-0.1, -0.05) is 48.0 Å². The van der Waals surface area contributed by atoms with Crippen molar-refractivity contribution in [2.45, 2.75) is 26.0 Å². The van der Waals surface area contributed by atoms with Crippen LogP contribution in [0.1, 0.15) is 44.7 Å². The number of para-hydroxylation sites is 1. The molecule has 5 nitrogen and oxygen atoms in total. The van der Waals surface area contributed by atoms with E-state index in [1.807, 2.05) is 47.4 Å². The molecular weight excluding hydrogens is 424 g/mol. The first-order valence-corrected chi connectivity index (χ1v) is 11.1. The minimum absolute atomic E-state index is 0.0524. The second-order valence-corrected chi connectivity index (χ2v) is 8.23. The lowest BCUT2D eigenvalue weighted by atomic mass is 10.1. The van der Waals surface area contributed by atoms with Gasteiger partial charge in [0.2, 0.25) is 0 Å². The predicted molar refractivity (Wildman–Crippen MR) is 125 cm³/mol. The van der Waals surface area contributed by atoms with E-state index < -0.39 is 0 Å². The quantitative estimate of drug-likeness (QED) is 0.548. The average Bonchev–Trinajstić information content (AvgIpc) is 3.37. The van der Waals surface area contributed by atoms with Crippen LogP contribution in [0.5, 0.6) is 5.75 Å². The first-order chi connectivity index (χ1) is 15.6. The zero-order chi connectivity index (χ0) is 22.3. The van der Waals surface area contributed by atoms with Crippen LogP contribution in [0.3, 0.4) is 0 Å². The molecule has 3 aromatic carbocycles. The molecule has 1 saturated heterocycles. The summed E-state index contributed by atoms with van der Waals surface area (Å²) in [6.45, 7) is 2.28. The van der Waals surface area contributed by atoms with E-state index in [9.17, 15) is 9.59 Å². The van der Waals surface area contributed by atoms with Crippen molar-refractivity contribution in [3.63, 3.8) is 0 Å². The molecule has 1 aliphatic heterocycles. The van der Waals surface area contributed by atoms with Gasteiger partial charge in [-0.25, -0.2) is 0 Å². The van der Waals surface area contributed by atoms with Crippen molar-refractivity contribution in [2.24, 2.45) is 0 Å². The fourth-order valence-electron chi connectivity index (χ4n) is 3.72. The second-order valence-electron chi connectivity index (χ2n) is 7.79. The predicted octanol–water partition coefficient (Wildman–Crippen LogP) is 5.09. The molecule has 0 aliphatic carbocycles. The van der Waals surface area contributed by atoms with Crippen molar-refractivity contribution in [3.8, 4) is 5.75 Å². The van der Waals surface area contributed by atoms with Gasteiger partial charge < -0.3 is 15.0 Å². The van der Waals surface area contributed by atoms with Gasteiger partial charge in [0.15, 0.2) is 0 Å². The van der Waals surface area contributed by atoms with E-state index in [1.165, 1.54) is 0 Å². The van der Waals surface area contributed by atoms with Crippen molar-refractivity contribution < 1.29 is 14.3 Å². The number of amides is 2. The third-order valence-electron chi connectivity index (χ3n) is 5.46. The average molecular weight is 449 g/mol. The molecule has 6 heteroatoms. The summed E-state index contributed by atoms with van der Waals surface area (Å²) in [5.74, 6) is 0.336. The highest BCUT2D eigenvalue weighted by molar-refractivity contribution is 6.30. The Morgan fingerprint density at radius 1 is 0.906 bits per heavy atom. The largest absolute Gasteiger partial charge is 0.488 e. The van der Waals surface area contributed by atoms with Gasteiger partial charge in [0.1, 0.15) is 12.4 Å². The zero-order valence-corrected chi connectivity index (χ0v) is 18.5. The molecule has 0 aromatic heterocycles. The molecule has 3 aromatic rings. The molecule has 4 rings (SSSR count). The van der Waals surface area contributed by atoms with Crippen LogP contribution in [0.4, 0.5) is 0 Å². The van der Waals surface area contributed by atoms with Crippen LogP contribution in [0, 0.1) is 0 Å². The number of nitrogens with zero attached hydrogens (tertiary/aromatic N) is 1. The van der Waals surface area contributed by atoms with Crippen molar-refractivity contribution in [1.29, 1.82) is 0 Å². The summed E-state index contributed by atoms with van der Waals surface area (Å²) in [5.41, 5.74) is 2.96. The number of hydrogen-bond donors (Lipinski definition) is 1. The van der Waals surface area contributed by atoms with Gasteiger partial charge in [-0.05, 0) is 60.4 Å². The lowest BCUT2D eigenvalue weighted by molar-refractivity contribution is 0.0792. The van der Waals surface area contributed by atoms with Gasteiger partial charge >= 0.3 is 0 Å². The number of rotatable bonds is 7. The number of nitrogens with one attached hydrogen (secondary N) is 1. The standard InChI is InChI=1S/C26H25ClN2O3/c27-22-12-10-19(11-13-22)18-32-24-9-2-1-8-23(24)25(30)28-17-20-6-5-7-21(16-20)26(31)29-14-3-4-15-29/h1-2,5-13,16H,3-4,14-15,17-18H2,(H,28,30). The molecule has 1 heterocycles. The Bertz CT molecular complexity index is 1090. The Labute approximate surface area is 193 Å². The third kappa shape index (κ3) is 5.48. The van der Waals surface area contributed by atoms with Gasteiger partial charge in [-0.2, -0.15) is 0 Å². The maximum atomic E-state index is 12.8. The van der Waals surface area contributed by atoms with Crippen molar-refractivity contribution in [3.05, 3.63) is 100 Å². The van der Waals surface area contributed by atoms with Crippen LogP contribution in [0.25, 0.3) is 0 Å².